The number of hydrogen-bond acceptors (Lipinski definition) is 6. The van der Waals surface area contributed by atoms with Crippen molar-refractivity contribution < 1.29 is 14.3 Å². The fourth-order valence-corrected chi connectivity index (χ4v) is 3.06. The highest BCUT2D eigenvalue weighted by Gasteiger charge is 2.37. The zero-order valence-corrected chi connectivity index (χ0v) is 11.2. The van der Waals surface area contributed by atoms with E-state index in [0.29, 0.717) is 18.0 Å². The van der Waals surface area contributed by atoms with Crippen LogP contribution < -0.4 is 0 Å². The van der Waals surface area contributed by atoms with Gasteiger partial charge in [0.05, 0.1) is 0 Å². The summed E-state index contributed by atoms with van der Waals surface area (Å²) in [5.41, 5.74) is 0.371. The lowest BCUT2D eigenvalue weighted by Crippen LogP contribution is -2.52. The molecule has 0 radical (unpaired) electrons. The maximum atomic E-state index is 11.8. The summed E-state index contributed by atoms with van der Waals surface area (Å²) < 4.78 is 10.7. The molecule has 0 aromatic heterocycles. The molecule has 0 aromatic rings. The SMILES string of the molecule is O=NC1=CCC(OC(=O)OC2CN3CCC2CC3)C=C1. The Morgan fingerprint density at radius 1 is 1.30 bits per heavy atom. The second kappa shape index (κ2) is 5.75. The van der Waals surface area contributed by atoms with E-state index in [1.54, 1.807) is 18.2 Å². The van der Waals surface area contributed by atoms with Crippen LogP contribution in [0.15, 0.2) is 29.1 Å². The summed E-state index contributed by atoms with van der Waals surface area (Å²) >= 11 is 0. The summed E-state index contributed by atoms with van der Waals surface area (Å²) in [6.07, 6.45) is 6.50. The van der Waals surface area contributed by atoms with Gasteiger partial charge in [0.2, 0.25) is 0 Å². The van der Waals surface area contributed by atoms with E-state index in [-0.39, 0.29) is 12.2 Å². The van der Waals surface area contributed by atoms with Gasteiger partial charge in [0.15, 0.2) is 0 Å². The summed E-state index contributed by atoms with van der Waals surface area (Å²) in [5.74, 6) is 0.472. The molecule has 3 heterocycles. The number of hydrogen-bond donors (Lipinski definition) is 0. The first-order chi connectivity index (χ1) is 9.74. The van der Waals surface area contributed by atoms with Gasteiger partial charge in [-0.2, -0.15) is 0 Å². The van der Waals surface area contributed by atoms with Gasteiger partial charge in [-0.3, -0.25) is 4.90 Å². The fraction of sp³-hybridized carbons (Fsp3) is 0.643. The van der Waals surface area contributed by atoms with Crippen molar-refractivity contribution in [3.8, 4) is 0 Å². The highest BCUT2D eigenvalue weighted by molar-refractivity contribution is 5.61. The molecule has 108 valence electrons. The minimum absolute atomic E-state index is 0.0414. The van der Waals surface area contributed by atoms with Gasteiger partial charge in [-0.25, -0.2) is 4.79 Å². The summed E-state index contributed by atoms with van der Waals surface area (Å²) in [7, 11) is 0. The molecule has 3 aliphatic heterocycles. The molecule has 1 aliphatic carbocycles. The van der Waals surface area contributed by atoms with Crippen LogP contribution in [0, 0.1) is 10.8 Å². The smallest absolute Gasteiger partial charge is 0.429 e. The summed E-state index contributed by atoms with van der Waals surface area (Å²) in [5, 5.41) is 2.83. The van der Waals surface area contributed by atoms with Gasteiger partial charge in [0.25, 0.3) is 0 Å². The van der Waals surface area contributed by atoms with Crippen molar-refractivity contribution in [1.29, 1.82) is 0 Å². The van der Waals surface area contributed by atoms with E-state index in [0.717, 1.165) is 32.5 Å². The standard InChI is InChI=1S/C14H18N2O4/c17-14(19-12-3-1-11(15-18)2-4-12)20-13-9-16-7-5-10(13)6-8-16/h1-3,10,12-13H,4-9H2. The van der Waals surface area contributed by atoms with Crippen LogP contribution in [0.1, 0.15) is 19.3 Å². The van der Waals surface area contributed by atoms with Gasteiger partial charge in [-0.15, -0.1) is 4.91 Å². The second-order valence-corrected chi connectivity index (χ2v) is 5.52. The van der Waals surface area contributed by atoms with Crippen LogP contribution in [-0.2, 0) is 9.47 Å². The van der Waals surface area contributed by atoms with Crippen molar-refractivity contribution in [3.05, 3.63) is 28.8 Å². The molecular formula is C14H18N2O4. The fourth-order valence-electron chi connectivity index (χ4n) is 3.06. The van der Waals surface area contributed by atoms with E-state index in [4.69, 9.17) is 9.47 Å². The molecule has 0 spiro atoms. The van der Waals surface area contributed by atoms with Crippen LogP contribution in [0.4, 0.5) is 4.79 Å². The van der Waals surface area contributed by atoms with Crippen LogP contribution in [-0.4, -0.2) is 42.9 Å². The summed E-state index contributed by atoms with van der Waals surface area (Å²) in [6, 6.07) is 0. The molecule has 6 heteroatoms. The van der Waals surface area contributed by atoms with Crippen LogP contribution in [0.2, 0.25) is 0 Å². The molecule has 3 saturated heterocycles. The number of ether oxygens (including phenoxy) is 2. The van der Waals surface area contributed by atoms with Crippen LogP contribution in [0.5, 0.6) is 0 Å². The number of carbonyl (C=O) groups excluding carboxylic acids is 1. The highest BCUT2D eigenvalue weighted by Crippen LogP contribution is 2.30. The van der Waals surface area contributed by atoms with E-state index >= 15 is 0 Å². The monoisotopic (exact) mass is 278 g/mol. The Morgan fingerprint density at radius 2 is 2.10 bits per heavy atom. The van der Waals surface area contributed by atoms with Gasteiger partial charge in [0.1, 0.15) is 17.9 Å². The lowest BCUT2D eigenvalue weighted by atomic mass is 9.86. The average Bonchev–Trinajstić information content (AvgIpc) is 2.49. The molecule has 4 rings (SSSR count). The first-order valence-corrected chi connectivity index (χ1v) is 7.06. The Hall–Kier alpha value is -1.69. The predicted molar refractivity (Wildman–Crippen MR) is 71.9 cm³/mol. The Labute approximate surface area is 117 Å². The number of fused-ring (bicyclic) bond motifs is 3. The highest BCUT2D eigenvalue weighted by atomic mass is 16.7. The van der Waals surface area contributed by atoms with Crippen molar-refractivity contribution in [2.24, 2.45) is 11.1 Å². The molecule has 6 nitrogen and oxygen atoms in total. The number of carbonyl (C=O) groups is 1. The first kappa shape index (κ1) is 13.3. The Morgan fingerprint density at radius 3 is 2.65 bits per heavy atom. The molecule has 0 N–H and O–H groups in total. The van der Waals surface area contributed by atoms with Gasteiger partial charge >= 0.3 is 6.16 Å². The van der Waals surface area contributed by atoms with Gasteiger partial charge in [0, 0.05) is 13.0 Å². The van der Waals surface area contributed by atoms with Crippen LogP contribution in [0.25, 0.3) is 0 Å². The number of nitrogens with zero attached hydrogens (tertiary/aromatic N) is 2. The van der Waals surface area contributed by atoms with E-state index in [9.17, 15) is 9.70 Å². The molecule has 20 heavy (non-hydrogen) atoms. The van der Waals surface area contributed by atoms with Crippen LogP contribution in [0.3, 0.4) is 0 Å². The summed E-state index contributed by atoms with van der Waals surface area (Å²) in [4.78, 5) is 24.4. The van der Waals surface area contributed by atoms with E-state index in [1.807, 2.05) is 0 Å². The molecule has 3 fully saturated rings. The quantitative estimate of drug-likeness (QED) is 0.585. The van der Waals surface area contributed by atoms with Gasteiger partial charge in [-0.1, -0.05) is 6.08 Å². The second-order valence-electron chi connectivity index (χ2n) is 5.52. The van der Waals surface area contributed by atoms with Crippen molar-refractivity contribution in [2.45, 2.75) is 31.5 Å². The zero-order valence-electron chi connectivity index (χ0n) is 11.2. The minimum Gasteiger partial charge on any atom is -0.429 e. The molecule has 2 atom stereocenters. The van der Waals surface area contributed by atoms with E-state index < -0.39 is 6.16 Å². The van der Waals surface area contributed by atoms with E-state index in [2.05, 4.69) is 10.1 Å². The van der Waals surface area contributed by atoms with Crippen molar-refractivity contribution in [1.82, 2.24) is 4.90 Å². The molecule has 4 aliphatic rings. The average molecular weight is 278 g/mol. The third-order valence-corrected chi connectivity index (χ3v) is 4.24. The number of rotatable bonds is 3. The molecule has 0 aromatic carbocycles. The van der Waals surface area contributed by atoms with Gasteiger partial charge < -0.3 is 9.47 Å². The first-order valence-electron chi connectivity index (χ1n) is 7.06. The third-order valence-electron chi connectivity index (χ3n) is 4.24. The number of nitroso groups, excluding NO2 is 1. The van der Waals surface area contributed by atoms with Crippen molar-refractivity contribution in [3.63, 3.8) is 0 Å². The zero-order chi connectivity index (χ0) is 13.9. The van der Waals surface area contributed by atoms with E-state index in [1.165, 1.54) is 0 Å². The molecule has 2 bridgehead atoms. The molecule has 2 unspecified atom stereocenters. The molecule has 0 amide bonds. The number of allylic oxidation sites excluding steroid dienone is 1. The maximum Gasteiger partial charge on any atom is 0.509 e. The molecule has 0 saturated carbocycles. The Kier molecular flexibility index (Phi) is 3.82. The Balaban J connectivity index is 1.47. The topological polar surface area (TPSA) is 68.2 Å². The number of piperidine rings is 3. The van der Waals surface area contributed by atoms with Crippen molar-refractivity contribution in [2.75, 3.05) is 19.6 Å². The lowest BCUT2D eigenvalue weighted by Gasteiger charge is -2.43. The normalized spacial score (nSPS) is 35.3. The minimum atomic E-state index is -0.616. The maximum absolute atomic E-state index is 11.8. The van der Waals surface area contributed by atoms with Crippen LogP contribution >= 0.6 is 0 Å². The molecular weight excluding hydrogens is 260 g/mol. The predicted octanol–water partition coefficient (Wildman–Crippen LogP) is 2.21. The lowest BCUT2D eigenvalue weighted by molar-refractivity contribution is -0.0631. The van der Waals surface area contributed by atoms with Gasteiger partial charge in [-0.05, 0) is 49.2 Å². The Bertz CT molecular complexity index is 452. The van der Waals surface area contributed by atoms with Crippen molar-refractivity contribution >= 4 is 6.16 Å². The largest absolute Gasteiger partial charge is 0.509 e. The summed E-state index contributed by atoms with van der Waals surface area (Å²) in [6.45, 7) is 3.04. The third kappa shape index (κ3) is 2.90.